The summed E-state index contributed by atoms with van der Waals surface area (Å²) < 4.78 is 12.6. The molecule has 0 spiro atoms. The molecule has 0 aliphatic heterocycles. The van der Waals surface area contributed by atoms with Crippen LogP contribution in [0.1, 0.15) is 62.3 Å². The first-order valence-electron chi connectivity index (χ1n) is 10.5. The summed E-state index contributed by atoms with van der Waals surface area (Å²) in [5, 5.41) is 0.787. The van der Waals surface area contributed by atoms with Crippen molar-refractivity contribution >= 4 is 35.1 Å². The third-order valence-corrected chi connectivity index (χ3v) is 21.0. The molecule has 170 valence electrons. The fourth-order valence-electron chi connectivity index (χ4n) is 1.21. The van der Waals surface area contributed by atoms with Gasteiger partial charge in [0.15, 0.2) is 24.0 Å². The lowest BCUT2D eigenvalue weighted by molar-refractivity contribution is 0.141. The Hall–Kier alpha value is 0.601. The largest absolute Gasteiger partial charge is 0.414 e. The van der Waals surface area contributed by atoms with Gasteiger partial charge in [-0.1, -0.05) is 81.5 Å². The molecular weight excluding hydrogens is 416 g/mol. The molecule has 0 amide bonds. The van der Waals surface area contributed by atoms with Crippen LogP contribution < -0.4 is 0 Å². The van der Waals surface area contributed by atoms with Crippen LogP contribution in [-0.4, -0.2) is 36.7 Å². The summed E-state index contributed by atoms with van der Waals surface area (Å²) in [5.74, 6) is 0. The van der Waals surface area contributed by atoms with E-state index in [-0.39, 0.29) is 16.2 Å². The molecule has 0 heterocycles. The number of hydrogen-bond donors (Lipinski definition) is 0. The first-order chi connectivity index (χ1) is 11.9. The van der Waals surface area contributed by atoms with Crippen LogP contribution in [0.3, 0.4) is 0 Å². The molecule has 0 aliphatic carbocycles. The van der Waals surface area contributed by atoms with Gasteiger partial charge in [-0.25, -0.2) is 0 Å². The van der Waals surface area contributed by atoms with Crippen LogP contribution in [0.5, 0.6) is 0 Å². The minimum atomic E-state index is -1.77. The Morgan fingerprint density at radius 2 is 1.07 bits per heavy atom. The lowest BCUT2D eigenvalue weighted by Crippen LogP contribution is -2.47. The first kappa shape index (κ1) is 30.8. The molecule has 0 aromatic heterocycles. The highest BCUT2D eigenvalue weighted by Crippen LogP contribution is 2.39. The van der Waals surface area contributed by atoms with Crippen molar-refractivity contribution in [1.82, 2.24) is 0 Å². The maximum Gasteiger partial charge on any atom is 0.192 e. The Morgan fingerprint density at radius 3 is 1.29 bits per heavy atom. The molecule has 0 saturated heterocycles. The van der Waals surface area contributed by atoms with Gasteiger partial charge in [-0.2, -0.15) is 11.1 Å². The van der Waals surface area contributed by atoms with E-state index in [9.17, 15) is 0 Å². The van der Waals surface area contributed by atoms with E-state index in [1.807, 2.05) is 6.08 Å². The van der Waals surface area contributed by atoms with Crippen LogP contribution in [0.2, 0.25) is 54.4 Å². The predicted molar refractivity (Wildman–Crippen MR) is 138 cm³/mol. The summed E-state index contributed by atoms with van der Waals surface area (Å²) in [6.45, 7) is 38.2. The summed E-state index contributed by atoms with van der Waals surface area (Å²) in [4.78, 5) is 0. The molecule has 0 bridgehead atoms. The monoisotopic (exact) mass is 466 g/mol. The van der Waals surface area contributed by atoms with E-state index in [0.717, 1.165) is 0 Å². The van der Waals surface area contributed by atoms with Gasteiger partial charge in [0.05, 0.1) is 12.7 Å². The van der Waals surface area contributed by atoms with Gasteiger partial charge in [0.1, 0.15) is 0 Å². The van der Waals surface area contributed by atoms with E-state index in [2.05, 4.69) is 108 Å². The average molecular weight is 467 g/mol. The van der Waals surface area contributed by atoms with Gasteiger partial charge in [0, 0.05) is 0 Å². The molecule has 1 atom stereocenters. The van der Waals surface area contributed by atoms with Crippen molar-refractivity contribution in [2.75, 3.05) is 6.61 Å². The zero-order valence-electron chi connectivity index (χ0n) is 21.8. The molecule has 0 rings (SSSR count). The van der Waals surface area contributed by atoms with E-state index in [4.69, 9.17) is 19.9 Å². The maximum atomic E-state index is 6.38. The van der Waals surface area contributed by atoms with Crippen LogP contribution in [0.15, 0.2) is 12.7 Å². The Balaban J connectivity index is 0. The van der Waals surface area contributed by atoms with Gasteiger partial charge in [-0.05, 0) is 41.3 Å². The molecule has 0 aromatic rings. The molecule has 0 radical (unpaired) electrons. The van der Waals surface area contributed by atoms with Crippen molar-refractivity contribution in [3.05, 3.63) is 12.7 Å². The molecule has 0 aromatic carbocycles. The normalized spacial score (nSPS) is 15.6. The lowest BCUT2D eigenvalue weighted by atomic mass is 10.2. The number of halogens is 1. The zero-order valence-corrected chi connectivity index (χ0v) is 25.5. The van der Waals surface area contributed by atoms with Crippen LogP contribution in [0.25, 0.3) is 0 Å². The van der Waals surface area contributed by atoms with Gasteiger partial charge >= 0.3 is 0 Å². The third kappa shape index (κ3) is 10.6. The molecular formula is C22H51ClO2Si3. The molecule has 0 N–H and O–H groups in total. The summed E-state index contributed by atoms with van der Waals surface area (Å²) in [5.41, 5.74) is 0. The van der Waals surface area contributed by atoms with Crippen LogP contribution in [-0.2, 0) is 8.85 Å². The standard InChI is InChI=1S/C16H36O2Si2.C6H15ClSi/c1-12-14(18-20(10,11)16(5,6)7)13-17-19(8,9)15(2,3)4;1-6(2,3)8(4,5)7/h12,14H,1,13H2,2-11H3;1-5H3/t14-;/m1./s1. The molecule has 6 heteroatoms. The van der Waals surface area contributed by atoms with Crippen LogP contribution in [0.4, 0.5) is 0 Å². The van der Waals surface area contributed by atoms with Crippen LogP contribution in [0, 0.1) is 0 Å². The number of rotatable bonds is 6. The summed E-state index contributed by atoms with van der Waals surface area (Å²) in [7, 11) is -4.87. The van der Waals surface area contributed by atoms with Crippen molar-refractivity contribution in [2.24, 2.45) is 0 Å². The molecule has 0 aliphatic rings. The van der Waals surface area contributed by atoms with Crippen molar-refractivity contribution in [2.45, 2.75) is 123 Å². The van der Waals surface area contributed by atoms with E-state index in [0.29, 0.717) is 11.6 Å². The average Bonchev–Trinajstić information content (AvgIpc) is 2.39. The highest BCUT2D eigenvalue weighted by molar-refractivity contribution is 7.20. The third-order valence-electron chi connectivity index (χ3n) is 6.71. The lowest BCUT2D eigenvalue weighted by Gasteiger charge is -2.41. The molecule has 28 heavy (non-hydrogen) atoms. The van der Waals surface area contributed by atoms with Gasteiger partial charge in [-0.3, -0.25) is 0 Å². The highest BCUT2D eigenvalue weighted by atomic mass is 35.6. The van der Waals surface area contributed by atoms with E-state index >= 15 is 0 Å². The fourth-order valence-corrected chi connectivity index (χ4v) is 3.50. The molecule has 0 unspecified atom stereocenters. The minimum Gasteiger partial charge on any atom is -0.414 e. The highest BCUT2D eigenvalue weighted by Gasteiger charge is 2.41. The summed E-state index contributed by atoms with van der Waals surface area (Å²) in [6.07, 6.45) is 1.90. The van der Waals surface area contributed by atoms with E-state index < -0.39 is 24.0 Å². The van der Waals surface area contributed by atoms with Gasteiger partial charge in [-0.15, -0.1) is 6.58 Å². The van der Waals surface area contributed by atoms with Crippen molar-refractivity contribution in [3.8, 4) is 0 Å². The Bertz CT molecular complexity index is 464. The smallest absolute Gasteiger partial charge is 0.192 e. The SMILES string of the molecule is C=C[C@H](CO[Si](C)(C)C(C)(C)C)O[Si](C)(C)C(C)(C)C.CC(C)(C)[Si](C)(C)Cl. The topological polar surface area (TPSA) is 18.5 Å². The van der Waals surface area contributed by atoms with Crippen LogP contribution >= 0.6 is 11.1 Å². The van der Waals surface area contributed by atoms with Crippen molar-refractivity contribution in [3.63, 3.8) is 0 Å². The zero-order chi connectivity index (χ0) is 23.4. The quantitative estimate of drug-likeness (QED) is 0.221. The minimum absolute atomic E-state index is 0.00465. The fraction of sp³-hybridized carbons (Fsp3) is 0.909. The molecule has 0 fully saturated rings. The van der Waals surface area contributed by atoms with Gasteiger partial charge in [0.25, 0.3) is 0 Å². The second kappa shape index (κ2) is 10.3. The maximum absolute atomic E-state index is 6.38. The first-order valence-corrected chi connectivity index (χ1v) is 20.3. The Morgan fingerprint density at radius 1 is 0.750 bits per heavy atom. The van der Waals surface area contributed by atoms with E-state index in [1.165, 1.54) is 0 Å². The van der Waals surface area contributed by atoms with Crippen molar-refractivity contribution < 1.29 is 8.85 Å². The predicted octanol–water partition coefficient (Wildman–Crippen LogP) is 8.82. The molecule has 0 saturated carbocycles. The number of hydrogen-bond acceptors (Lipinski definition) is 2. The molecule has 2 nitrogen and oxygen atoms in total. The van der Waals surface area contributed by atoms with Gasteiger partial charge in [0.2, 0.25) is 0 Å². The van der Waals surface area contributed by atoms with E-state index in [1.54, 1.807) is 0 Å². The summed E-state index contributed by atoms with van der Waals surface area (Å²) in [6, 6.07) is 0. The summed E-state index contributed by atoms with van der Waals surface area (Å²) >= 11 is 6.15. The second-order valence-electron chi connectivity index (χ2n) is 12.4. The Kier molecular flexibility index (Phi) is 11.3. The van der Waals surface area contributed by atoms with Crippen molar-refractivity contribution in [1.29, 1.82) is 0 Å². The second-order valence-corrected chi connectivity index (χ2v) is 29.3. The Labute approximate surface area is 185 Å². The van der Waals surface area contributed by atoms with Gasteiger partial charge < -0.3 is 8.85 Å².